The average Bonchev–Trinajstić information content (AvgIpc) is 2.44. The number of rotatable bonds is 3. The molecular formula is C15H14ClN3O. The molecule has 0 spiro atoms. The van der Waals surface area contributed by atoms with Gasteiger partial charge in [-0.2, -0.15) is 5.26 Å². The average molecular weight is 288 g/mol. The number of ether oxygens (including phenoxy) is 1. The fraction of sp³-hybridized carbons (Fsp3) is 0.133. The molecule has 0 aliphatic carbocycles. The molecule has 0 aromatic heterocycles. The first-order chi connectivity index (χ1) is 9.55. The lowest BCUT2D eigenvalue weighted by molar-refractivity contribution is 0.417. The van der Waals surface area contributed by atoms with Crippen molar-refractivity contribution in [2.75, 3.05) is 18.2 Å². The lowest BCUT2D eigenvalue weighted by atomic mass is 10.1. The van der Waals surface area contributed by atoms with E-state index < -0.39 is 0 Å². The zero-order valence-electron chi connectivity index (χ0n) is 11.2. The third-order valence-corrected chi connectivity index (χ3v) is 3.34. The van der Waals surface area contributed by atoms with Crippen LogP contribution in [0.1, 0.15) is 11.1 Å². The maximum absolute atomic E-state index is 8.99. The molecule has 0 atom stereocenters. The lowest BCUT2D eigenvalue weighted by Gasteiger charge is -2.13. The number of nitrogens with zero attached hydrogens (tertiary/aromatic N) is 1. The Bertz CT molecular complexity index is 692. The van der Waals surface area contributed by atoms with Crippen LogP contribution in [0.3, 0.4) is 0 Å². The maximum atomic E-state index is 8.99. The number of halogens is 1. The van der Waals surface area contributed by atoms with Crippen molar-refractivity contribution in [2.45, 2.75) is 6.92 Å². The van der Waals surface area contributed by atoms with E-state index in [1.807, 2.05) is 13.0 Å². The van der Waals surface area contributed by atoms with Crippen molar-refractivity contribution in [2.24, 2.45) is 0 Å². The summed E-state index contributed by atoms with van der Waals surface area (Å²) in [6.45, 7) is 1.91. The quantitative estimate of drug-likeness (QED) is 0.841. The number of methoxy groups -OCH3 is 1. The van der Waals surface area contributed by atoms with E-state index in [4.69, 9.17) is 27.3 Å². The summed E-state index contributed by atoms with van der Waals surface area (Å²) in [5, 5.41) is 12.8. The smallest absolute Gasteiger partial charge is 0.143 e. The third kappa shape index (κ3) is 2.79. The molecule has 3 N–H and O–H groups in total. The van der Waals surface area contributed by atoms with Gasteiger partial charge in [-0.3, -0.25) is 0 Å². The van der Waals surface area contributed by atoms with E-state index in [1.54, 1.807) is 31.4 Å². The number of nitrogens with two attached hydrogens (primary N) is 1. The van der Waals surface area contributed by atoms with Crippen molar-refractivity contribution >= 4 is 28.7 Å². The van der Waals surface area contributed by atoms with E-state index in [1.165, 1.54) is 0 Å². The number of nitrogen functional groups attached to an aromatic ring is 1. The molecule has 0 aliphatic heterocycles. The predicted octanol–water partition coefficient (Wildman–Crippen LogP) is 3.85. The summed E-state index contributed by atoms with van der Waals surface area (Å²) in [6, 6.07) is 10.9. The largest absolute Gasteiger partial charge is 0.495 e. The molecule has 2 aromatic carbocycles. The molecular weight excluding hydrogens is 274 g/mol. The van der Waals surface area contributed by atoms with E-state index >= 15 is 0 Å². The zero-order valence-corrected chi connectivity index (χ0v) is 12.0. The van der Waals surface area contributed by atoms with E-state index in [0.29, 0.717) is 22.0 Å². The first-order valence-electron chi connectivity index (χ1n) is 5.96. The Morgan fingerprint density at radius 3 is 2.70 bits per heavy atom. The molecule has 0 heterocycles. The summed E-state index contributed by atoms with van der Waals surface area (Å²) in [7, 11) is 1.58. The standard InChI is InChI=1S/C15H14ClN3O/c1-9-5-14(15(20-2)7-12(9)16)19-11-3-4-13(18)10(6-11)8-17/h3-7,19H,18H2,1-2H3. The summed E-state index contributed by atoms with van der Waals surface area (Å²) in [6.07, 6.45) is 0. The van der Waals surface area contributed by atoms with Crippen molar-refractivity contribution in [3.8, 4) is 11.8 Å². The topological polar surface area (TPSA) is 71.1 Å². The van der Waals surface area contributed by atoms with Crippen LogP contribution in [0, 0.1) is 18.3 Å². The van der Waals surface area contributed by atoms with E-state index in [0.717, 1.165) is 16.9 Å². The molecule has 0 aliphatic rings. The third-order valence-electron chi connectivity index (χ3n) is 2.93. The fourth-order valence-corrected chi connectivity index (χ4v) is 1.97. The molecule has 20 heavy (non-hydrogen) atoms. The summed E-state index contributed by atoms with van der Waals surface area (Å²) >= 11 is 6.07. The molecule has 0 saturated carbocycles. The monoisotopic (exact) mass is 287 g/mol. The van der Waals surface area contributed by atoms with Gasteiger partial charge < -0.3 is 15.8 Å². The van der Waals surface area contributed by atoms with Crippen LogP contribution < -0.4 is 15.8 Å². The second kappa shape index (κ2) is 5.72. The summed E-state index contributed by atoms with van der Waals surface area (Å²) in [5.41, 5.74) is 9.06. The predicted molar refractivity (Wildman–Crippen MR) is 81.6 cm³/mol. The summed E-state index contributed by atoms with van der Waals surface area (Å²) < 4.78 is 5.30. The lowest BCUT2D eigenvalue weighted by Crippen LogP contribution is -1.97. The fourth-order valence-electron chi connectivity index (χ4n) is 1.82. The number of nitriles is 1. The second-order valence-corrected chi connectivity index (χ2v) is 4.75. The number of benzene rings is 2. The molecule has 5 heteroatoms. The van der Waals surface area contributed by atoms with Crippen LogP contribution in [0.25, 0.3) is 0 Å². The van der Waals surface area contributed by atoms with Gasteiger partial charge in [-0.05, 0) is 36.8 Å². The Morgan fingerprint density at radius 2 is 2.05 bits per heavy atom. The number of hydrogen-bond donors (Lipinski definition) is 2. The van der Waals surface area contributed by atoms with Gasteiger partial charge in [0.25, 0.3) is 0 Å². The number of aryl methyl sites for hydroxylation is 1. The van der Waals surface area contributed by atoms with Crippen LogP contribution in [0.2, 0.25) is 5.02 Å². The summed E-state index contributed by atoms with van der Waals surface area (Å²) in [5.74, 6) is 0.635. The van der Waals surface area contributed by atoms with Crippen LogP contribution in [0.15, 0.2) is 30.3 Å². The Hall–Kier alpha value is -2.38. The Kier molecular flexibility index (Phi) is 4.02. The SMILES string of the molecule is COc1cc(Cl)c(C)cc1Nc1ccc(N)c(C#N)c1. The van der Waals surface area contributed by atoms with Gasteiger partial charge >= 0.3 is 0 Å². The highest BCUT2D eigenvalue weighted by molar-refractivity contribution is 6.31. The van der Waals surface area contributed by atoms with Crippen molar-refractivity contribution in [1.82, 2.24) is 0 Å². The van der Waals surface area contributed by atoms with Gasteiger partial charge in [0.15, 0.2) is 0 Å². The first-order valence-corrected chi connectivity index (χ1v) is 6.33. The maximum Gasteiger partial charge on any atom is 0.143 e. The van der Waals surface area contributed by atoms with Gasteiger partial charge in [0, 0.05) is 22.5 Å². The van der Waals surface area contributed by atoms with Crippen molar-refractivity contribution in [3.63, 3.8) is 0 Å². The van der Waals surface area contributed by atoms with Crippen LogP contribution in [0.5, 0.6) is 5.75 Å². The van der Waals surface area contributed by atoms with Gasteiger partial charge in [0.1, 0.15) is 11.8 Å². The Morgan fingerprint density at radius 1 is 1.30 bits per heavy atom. The molecule has 0 radical (unpaired) electrons. The first kappa shape index (κ1) is 14.0. The molecule has 4 nitrogen and oxygen atoms in total. The van der Waals surface area contributed by atoms with E-state index in [2.05, 4.69) is 11.4 Å². The Labute approximate surface area is 122 Å². The number of nitrogens with one attached hydrogen (secondary N) is 1. The van der Waals surface area contributed by atoms with Gasteiger partial charge in [0.2, 0.25) is 0 Å². The number of hydrogen-bond acceptors (Lipinski definition) is 4. The molecule has 0 fully saturated rings. The van der Waals surface area contributed by atoms with Gasteiger partial charge in [-0.1, -0.05) is 11.6 Å². The second-order valence-electron chi connectivity index (χ2n) is 4.34. The van der Waals surface area contributed by atoms with Crippen LogP contribution >= 0.6 is 11.6 Å². The summed E-state index contributed by atoms with van der Waals surface area (Å²) in [4.78, 5) is 0. The molecule has 0 bridgehead atoms. The van der Waals surface area contributed by atoms with Crippen molar-refractivity contribution < 1.29 is 4.74 Å². The minimum atomic E-state index is 0.430. The highest BCUT2D eigenvalue weighted by Gasteiger charge is 2.08. The molecule has 2 rings (SSSR count). The van der Waals surface area contributed by atoms with E-state index in [-0.39, 0.29) is 0 Å². The highest BCUT2D eigenvalue weighted by atomic mass is 35.5. The van der Waals surface area contributed by atoms with Gasteiger partial charge in [0.05, 0.1) is 18.4 Å². The Balaban J connectivity index is 2.40. The molecule has 102 valence electrons. The molecule has 0 unspecified atom stereocenters. The van der Waals surface area contributed by atoms with Crippen LogP contribution in [-0.4, -0.2) is 7.11 Å². The zero-order chi connectivity index (χ0) is 14.7. The van der Waals surface area contributed by atoms with Gasteiger partial charge in [-0.25, -0.2) is 0 Å². The van der Waals surface area contributed by atoms with Crippen molar-refractivity contribution in [1.29, 1.82) is 5.26 Å². The van der Waals surface area contributed by atoms with E-state index in [9.17, 15) is 0 Å². The van der Waals surface area contributed by atoms with Gasteiger partial charge in [-0.15, -0.1) is 0 Å². The van der Waals surface area contributed by atoms with Crippen LogP contribution in [-0.2, 0) is 0 Å². The minimum absolute atomic E-state index is 0.430. The normalized spacial score (nSPS) is 9.90. The van der Waals surface area contributed by atoms with Crippen LogP contribution in [0.4, 0.5) is 17.1 Å². The molecule has 0 saturated heterocycles. The minimum Gasteiger partial charge on any atom is -0.495 e. The number of anilines is 3. The molecule has 0 amide bonds. The highest BCUT2D eigenvalue weighted by Crippen LogP contribution is 2.33. The van der Waals surface area contributed by atoms with Crippen molar-refractivity contribution in [3.05, 3.63) is 46.5 Å². The molecule has 2 aromatic rings.